The number of amides is 2. The van der Waals surface area contributed by atoms with E-state index in [9.17, 15) is 14.4 Å². The van der Waals surface area contributed by atoms with Crippen molar-refractivity contribution in [1.29, 1.82) is 0 Å². The third-order valence-electron chi connectivity index (χ3n) is 3.95. The van der Waals surface area contributed by atoms with E-state index >= 15 is 0 Å². The smallest absolute Gasteiger partial charge is 0.328 e. The summed E-state index contributed by atoms with van der Waals surface area (Å²) in [5, 5.41) is 7.80. The number of hydrogen-bond donors (Lipinski definition) is 3. The van der Waals surface area contributed by atoms with Gasteiger partial charge >= 0.3 is 5.97 Å². The number of methoxy groups -OCH3 is 1. The molecule has 0 unspecified atom stereocenters. The Balaban J connectivity index is 2.90. The summed E-state index contributed by atoms with van der Waals surface area (Å²) < 4.78 is 4.73. The summed E-state index contributed by atoms with van der Waals surface area (Å²) in [5.74, 6) is -2.13. The largest absolute Gasteiger partial charge is 0.467 e. The molecule has 22 heavy (non-hydrogen) atoms. The van der Waals surface area contributed by atoms with Gasteiger partial charge in [-0.1, -0.05) is 19.8 Å². The van der Waals surface area contributed by atoms with Gasteiger partial charge in [0.2, 0.25) is 5.91 Å². The van der Waals surface area contributed by atoms with E-state index in [1.165, 1.54) is 17.5 Å². The molecule has 3 atom stereocenters. The Hall–Kier alpha value is -1.28. The molecule has 0 aromatic carbocycles. The van der Waals surface area contributed by atoms with E-state index in [1.54, 1.807) is 0 Å². The molecule has 0 aliphatic carbocycles. The fraction of sp³-hybridized carbons (Fsp3) is 0.786. The first kappa shape index (κ1) is 18.8. The van der Waals surface area contributed by atoms with Crippen LogP contribution in [-0.2, 0) is 19.1 Å². The van der Waals surface area contributed by atoms with Crippen LogP contribution in [0, 0.1) is 5.92 Å². The number of nitrogens with one attached hydrogen (secondary N) is 1. The molecule has 0 saturated carbocycles. The lowest BCUT2D eigenvalue weighted by Gasteiger charge is -2.29. The summed E-state index contributed by atoms with van der Waals surface area (Å²) in [4.78, 5) is 37.6. The molecular formula is C14H24N2O5S. The van der Waals surface area contributed by atoms with Gasteiger partial charge in [-0.15, -0.1) is 0 Å². The van der Waals surface area contributed by atoms with Crippen LogP contribution in [0.25, 0.3) is 0 Å². The van der Waals surface area contributed by atoms with Crippen molar-refractivity contribution in [3.63, 3.8) is 0 Å². The molecule has 1 fully saturated rings. The zero-order chi connectivity index (χ0) is 16.7. The Labute approximate surface area is 135 Å². The first-order valence-electron chi connectivity index (χ1n) is 7.48. The molecule has 0 radical (unpaired) electrons. The second-order valence-corrected chi connectivity index (χ2v) is 5.94. The molecule has 1 aliphatic rings. The summed E-state index contributed by atoms with van der Waals surface area (Å²) >= 11 is 4.17. The summed E-state index contributed by atoms with van der Waals surface area (Å²) in [6.07, 6.45) is 3.37. The second-order valence-electron chi connectivity index (χ2n) is 5.38. The molecule has 8 heteroatoms. The van der Waals surface area contributed by atoms with Crippen molar-refractivity contribution in [2.24, 2.45) is 5.92 Å². The van der Waals surface area contributed by atoms with E-state index in [1.807, 2.05) is 6.92 Å². The molecule has 0 aromatic rings. The molecule has 2 N–H and O–H groups in total. The van der Waals surface area contributed by atoms with Crippen molar-refractivity contribution in [3.05, 3.63) is 0 Å². The topological polar surface area (TPSA) is 95.9 Å². The molecule has 1 rings (SSSR count). The molecule has 7 nitrogen and oxygen atoms in total. The van der Waals surface area contributed by atoms with Crippen molar-refractivity contribution in [3.8, 4) is 0 Å². The molecule has 2 amide bonds. The average molecular weight is 332 g/mol. The number of esters is 1. The van der Waals surface area contributed by atoms with E-state index < -0.39 is 29.1 Å². The molecular weight excluding hydrogens is 308 g/mol. The molecule has 0 spiro atoms. The Kier molecular flexibility index (Phi) is 7.67. The maximum absolute atomic E-state index is 12.8. The molecule has 0 bridgehead atoms. The number of carbonyl (C=O) groups excluding carboxylic acids is 3. The number of hydroxylamine groups is 1. The van der Waals surface area contributed by atoms with Crippen LogP contribution in [0.5, 0.6) is 0 Å². The molecule has 1 heterocycles. The minimum absolute atomic E-state index is 0.287. The second kappa shape index (κ2) is 8.99. The van der Waals surface area contributed by atoms with Crippen LogP contribution in [0.15, 0.2) is 0 Å². The highest BCUT2D eigenvalue weighted by Crippen LogP contribution is 2.26. The van der Waals surface area contributed by atoms with E-state index in [2.05, 4.69) is 12.6 Å². The van der Waals surface area contributed by atoms with Crippen molar-refractivity contribution < 1.29 is 24.3 Å². The molecule has 1 aliphatic heterocycles. The molecule has 1 saturated heterocycles. The highest BCUT2D eigenvalue weighted by atomic mass is 32.1. The normalized spacial score (nSPS) is 20.4. The predicted molar refractivity (Wildman–Crippen MR) is 82.5 cm³/mol. The number of unbranched alkanes of at least 4 members (excludes halogenated alkanes) is 1. The fourth-order valence-electron chi connectivity index (χ4n) is 2.71. The lowest BCUT2D eigenvalue weighted by Crippen LogP contribution is -2.48. The van der Waals surface area contributed by atoms with E-state index in [0.717, 1.165) is 19.3 Å². The van der Waals surface area contributed by atoms with Gasteiger partial charge in [-0.2, -0.15) is 12.6 Å². The lowest BCUT2D eigenvalue weighted by atomic mass is 9.95. The Bertz CT molecular complexity index is 418. The van der Waals surface area contributed by atoms with Gasteiger partial charge in [-0.25, -0.2) is 10.3 Å². The Morgan fingerprint density at radius 1 is 1.45 bits per heavy atom. The lowest BCUT2D eigenvalue weighted by molar-refractivity contribution is -0.153. The maximum Gasteiger partial charge on any atom is 0.328 e. The van der Waals surface area contributed by atoms with Crippen LogP contribution in [-0.4, -0.2) is 52.8 Å². The Morgan fingerprint density at radius 3 is 2.68 bits per heavy atom. The van der Waals surface area contributed by atoms with Crippen molar-refractivity contribution in [2.75, 3.05) is 13.7 Å². The number of likely N-dealkylation sites (tertiary alicyclic amines) is 1. The van der Waals surface area contributed by atoms with Crippen LogP contribution in [0.1, 0.15) is 39.0 Å². The van der Waals surface area contributed by atoms with Gasteiger partial charge in [-0.3, -0.25) is 14.8 Å². The number of carbonyl (C=O) groups is 3. The third kappa shape index (κ3) is 4.36. The first-order valence-corrected chi connectivity index (χ1v) is 7.99. The van der Waals surface area contributed by atoms with E-state index in [-0.39, 0.29) is 5.91 Å². The minimum atomic E-state index is -0.956. The number of rotatable bonds is 7. The van der Waals surface area contributed by atoms with Crippen molar-refractivity contribution >= 4 is 30.4 Å². The van der Waals surface area contributed by atoms with Gasteiger partial charge < -0.3 is 9.64 Å². The van der Waals surface area contributed by atoms with E-state index in [0.29, 0.717) is 19.4 Å². The van der Waals surface area contributed by atoms with Gasteiger partial charge in [0, 0.05) is 6.54 Å². The van der Waals surface area contributed by atoms with Crippen LogP contribution in [0.4, 0.5) is 0 Å². The van der Waals surface area contributed by atoms with Gasteiger partial charge in [0.05, 0.1) is 18.3 Å². The monoisotopic (exact) mass is 332 g/mol. The summed E-state index contributed by atoms with van der Waals surface area (Å²) in [6.45, 7) is 2.44. The van der Waals surface area contributed by atoms with Gasteiger partial charge in [0.1, 0.15) is 6.04 Å². The highest BCUT2D eigenvalue weighted by molar-refractivity contribution is 7.81. The minimum Gasteiger partial charge on any atom is -0.467 e. The van der Waals surface area contributed by atoms with Crippen LogP contribution in [0.3, 0.4) is 0 Å². The summed E-state index contributed by atoms with van der Waals surface area (Å²) in [7, 11) is 1.29. The highest BCUT2D eigenvalue weighted by Gasteiger charge is 2.40. The quantitative estimate of drug-likeness (QED) is 0.277. The van der Waals surface area contributed by atoms with Gasteiger partial charge in [-0.05, 0) is 19.3 Å². The number of hydrogen-bond acceptors (Lipinski definition) is 6. The predicted octanol–water partition coefficient (Wildman–Crippen LogP) is 0.761. The average Bonchev–Trinajstić information content (AvgIpc) is 3.02. The maximum atomic E-state index is 12.8. The summed E-state index contributed by atoms with van der Waals surface area (Å²) in [6, 6.07) is -0.598. The van der Waals surface area contributed by atoms with Gasteiger partial charge in [0.15, 0.2) is 0 Å². The zero-order valence-electron chi connectivity index (χ0n) is 12.9. The third-order valence-corrected chi connectivity index (χ3v) is 4.55. The molecule has 126 valence electrons. The molecule has 0 aromatic heterocycles. The van der Waals surface area contributed by atoms with E-state index in [4.69, 9.17) is 9.94 Å². The first-order chi connectivity index (χ1) is 10.5. The standard InChI is InChI=1S/C14H24N2O5S/c1-3-4-6-9(11(22)12(17)15-20)13(18)16-8-5-7-10(16)14(19)21-2/h9-11,20,22H,3-8H2,1-2H3,(H,15,17)/t9-,10+,11+/m1/s1. The number of thiol groups is 1. The van der Waals surface area contributed by atoms with Crippen LogP contribution >= 0.6 is 12.6 Å². The number of ether oxygens (including phenoxy) is 1. The van der Waals surface area contributed by atoms with Crippen LogP contribution in [0.2, 0.25) is 0 Å². The van der Waals surface area contributed by atoms with Gasteiger partial charge in [0.25, 0.3) is 5.91 Å². The number of nitrogens with zero attached hydrogens (tertiary/aromatic N) is 1. The van der Waals surface area contributed by atoms with Crippen LogP contribution < -0.4 is 5.48 Å². The zero-order valence-corrected chi connectivity index (χ0v) is 13.8. The SMILES string of the molecule is CCCC[C@@H](C(=O)N1CCC[C@H]1C(=O)OC)[C@H](S)C(=O)NO. The summed E-state index contributed by atoms with van der Waals surface area (Å²) in [5.41, 5.74) is 1.53. The Morgan fingerprint density at radius 2 is 2.14 bits per heavy atom. The van der Waals surface area contributed by atoms with Crippen molar-refractivity contribution in [1.82, 2.24) is 10.4 Å². The fourth-order valence-corrected chi connectivity index (χ4v) is 3.05. The van der Waals surface area contributed by atoms with Crippen molar-refractivity contribution in [2.45, 2.75) is 50.3 Å².